The molecule has 0 radical (unpaired) electrons. The third kappa shape index (κ3) is 3.89. The number of fused-ring (bicyclic) bond motifs is 1. The van der Waals surface area contributed by atoms with Gasteiger partial charge in [-0.15, -0.1) is 11.3 Å². The van der Waals surface area contributed by atoms with Crippen LogP contribution in [0.5, 0.6) is 0 Å². The number of anilines is 2. The van der Waals surface area contributed by atoms with Crippen molar-refractivity contribution in [1.29, 1.82) is 0 Å². The lowest BCUT2D eigenvalue weighted by atomic mass is 10.0. The Morgan fingerprint density at radius 2 is 1.75 bits per heavy atom. The van der Waals surface area contributed by atoms with Crippen LogP contribution in [0.2, 0.25) is 0 Å². The van der Waals surface area contributed by atoms with Crippen molar-refractivity contribution in [2.45, 2.75) is 19.9 Å². The maximum atomic E-state index is 12.8. The van der Waals surface area contributed by atoms with Crippen LogP contribution >= 0.6 is 11.3 Å². The molecule has 0 unspecified atom stereocenters. The summed E-state index contributed by atoms with van der Waals surface area (Å²) in [6.45, 7) is 3.86. The number of amides is 1. The molecule has 0 saturated heterocycles. The van der Waals surface area contributed by atoms with Crippen LogP contribution < -0.4 is 10.6 Å². The van der Waals surface area contributed by atoms with Crippen LogP contribution in [-0.4, -0.2) is 16.9 Å². The summed E-state index contributed by atoms with van der Waals surface area (Å²) in [7, 11) is 0. The zero-order valence-corrected chi connectivity index (χ0v) is 16.6. The molecule has 4 nitrogen and oxygen atoms in total. The normalized spacial score (nSPS) is 11.9. The first-order valence-electron chi connectivity index (χ1n) is 9.19. The van der Waals surface area contributed by atoms with E-state index in [0.717, 1.165) is 37.7 Å². The van der Waals surface area contributed by atoms with Crippen LogP contribution in [0, 0.1) is 6.92 Å². The molecule has 4 rings (SSSR count). The van der Waals surface area contributed by atoms with E-state index in [1.807, 2.05) is 86.6 Å². The molecule has 4 aromatic rings. The number of hydrogen-bond acceptors (Lipinski definition) is 4. The first kappa shape index (κ1) is 18.2. The second-order valence-electron chi connectivity index (χ2n) is 6.68. The maximum Gasteiger partial charge on any atom is 0.246 e. The van der Waals surface area contributed by atoms with E-state index in [4.69, 9.17) is 0 Å². The highest BCUT2D eigenvalue weighted by Gasteiger charge is 2.15. The fraction of sp³-hybridized carbons (Fsp3) is 0.130. The average Bonchev–Trinajstić information content (AvgIpc) is 3.08. The summed E-state index contributed by atoms with van der Waals surface area (Å²) < 4.78 is 1.12. The van der Waals surface area contributed by atoms with Gasteiger partial charge in [0.05, 0.1) is 15.2 Å². The molecule has 1 heterocycles. The molecule has 0 aliphatic rings. The minimum absolute atomic E-state index is 0.0797. The van der Waals surface area contributed by atoms with Crippen LogP contribution in [0.25, 0.3) is 21.3 Å². The van der Waals surface area contributed by atoms with E-state index in [1.54, 1.807) is 11.3 Å². The van der Waals surface area contributed by atoms with Gasteiger partial charge in [-0.3, -0.25) is 4.79 Å². The molecule has 1 aromatic heterocycles. The van der Waals surface area contributed by atoms with Gasteiger partial charge in [-0.1, -0.05) is 48.5 Å². The van der Waals surface area contributed by atoms with E-state index < -0.39 is 0 Å². The molecule has 0 aliphatic heterocycles. The number of rotatable bonds is 5. The Bertz CT molecular complexity index is 1120. The van der Waals surface area contributed by atoms with Gasteiger partial charge < -0.3 is 10.6 Å². The van der Waals surface area contributed by atoms with Crippen molar-refractivity contribution < 1.29 is 4.79 Å². The topological polar surface area (TPSA) is 54.0 Å². The van der Waals surface area contributed by atoms with Gasteiger partial charge in [-0.05, 0) is 43.7 Å². The predicted octanol–water partition coefficient (Wildman–Crippen LogP) is 5.71. The van der Waals surface area contributed by atoms with Crippen molar-refractivity contribution in [2.24, 2.45) is 0 Å². The van der Waals surface area contributed by atoms with Gasteiger partial charge in [-0.25, -0.2) is 4.98 Å². The fourth-order valence-corrected chi connectivity index (χ4v) is 4.01. The van der Waals surface area contributed by atoms with E-state index in [-0.39, 0.29) is 11.9 Å². The van der Waals surface area contributed by atoms with Gasteiger partial charge >= 0.3 is 0 Å². The van der Waals surface area contributed by atoms with Crippen molar-refractivity contribution >= 4 is 38.8 Å². The zero-order valence-electron chi connectivity index (χ0n) is 15.8. The van der Waals surface area contributed by atoms with Gasteiger partial charge in [0.1, 0.15) is 6.04 Å². The number of nitrogens with zero attached hydrogens (tertiary/aromatic N) is 1. The highest BCUT2D eigenvalue weighted by Crippen LogP contribution is 2.28. The Morgan fingerprint density at radius 1 is 1.00 bits per heavy atom. The first-order valence-corrected chi connectivity index (χ1v) is 10.0. The number of aryl methyl sites for hydroxylation is 1. The van der Waals surface area contributed by atoms with Crippen LogP contribution in [0.15, 0.2) is 72.8 Å². The standard InChI is InChI=1S/C23H21N3OS/c1-15(24-18-12-13-21-22(14-18)28-16(2)25-21)23(27)26-20-11-7-6-10-19(20)17-8-4-3-5-9-17/h3-15,24H,1-2H3,(H,26,27)/t15-/m1/s1. The van der Waals surface area contributed by atoms with Crippen molar-refractivity contribution in [1.82, 2.24) is 4.98 Å². The summed E-state index contributed by atoms with van der Waals surface area (Å²) in [6, 6.07) is 23.5. The van der Waals surface area contributed by atoms with Gasteiger partial charge in [0.2, 0.25) is 5.91 Å². The van der Waals surface area contributed by atoms with Gasteiger partial charge in [0.25, 0.3) is 0 Å². The molecule has 0 aliphatic carbocycles. The predicted molar refractivity (Wildman–Crippen MR) is 118 cm³/mol. The van der Waals surface area contributed by atoms with E-state index in [1.165, 1.54) is 0 Å². The van der Waals surface area contributed by atoms with E-state index in [9.17, 15) is 4.79 Å². The molecule has 1 amide bonds. The van der Waals surface area contributed by atoms with Gasteiger partial charge in [0, 0.05) is 16.9 Å². The number of aromatic nitrogens is 1. The second-order valence-corrected chi connectivity index (χ2v) is 7.92. The Kier molecular flexibility index (Phi) is 5.08. The van der Waals surface area contributed by atoms with Crippen LogP contribution in [0.4, 0.5) is 11.4 Å². The molecule has 140 valence electrons. The summed E-state index contributed by atoms with van der Waals surface area (Å²) in [6.07, 6.45) is 0. The van der Waals surface area contributed by atoms with Crippen LogP contribution in [0.1, 0.15) is 11.9 Å². The highest BCUT2D eigenvalue weighted by molar-refractivity contribution is 7.18. The van der Waals surface area contributed by atoms with Gasteiger partial charge in [-0.2, -0.15) is 0 Å². The smallest absolute Gasteiger partial charge is 0.246 e. The van der Waals surface area contributed by atoms with Crippen molar-refractivity contribution in [2.75, 3.05) is 10.6 Å². The lowest BCUT2D eigenvalue weighted by molar-refractivity contribution is -0.116. The summed E-state index contributed by atoms with van der Waals surface area (Å²) >= 11 is 1.65. The number of nitrogens with one attached hydrogen (secondary N) is 2. The number of hydrogen-bond donors (Lipinski definition) is 2. The number of para-hydroxylation sites is 1. The Hall–Kier alpha value is -3.18. The highest BCUT2D eigenvalue weighted by atomic mass is 32.1. The molecule has 1 atom stereocenters. The van der Waals surface area contributed by atoms with Crippen LogP contribution in [0.3, 0.4) is 0 Å². The molecule has 2 N–H and O–H groups in total. The molecular weight excluding hydrogens is 366 g/mol. The zero-order chi connectivity index (χ0) is 19.5. The SMILES string of the molecule is Cc1nc2ccc(N[C@H](C)C(=O)Nc3ccccc3-c3ccccc3)cc2s1. The van der Waals surface area contributed by atoms with E-state index in [2.05, 4.69) is 15.6 Å². The second kappa shape index (κ2) is 7.82. The van der Waals surface area contributed by atoms with Crippen LogP contribution in [-0.2, 0) is 4.79 Å². The third-order valence-electron chi connectivity index (χ3n) is 4.54. The lowest BCUT2D eigenvalue weighted by Crippen LogP contribution is -2.32. The fourth-order valence-electron chi connectivity index (χ4n) is 3.15. The van der Waals surface area contributed by atoms with Crippen molar-refractivity contribution in [3.05, 3.63) is 77.8 Å². The average molecular weight is 388 g/mol. The van der Waals surface area contributed by atoms with Crippen molar-refractivity contribution in [3.8, 4) is 11.1 Å². The lowest BCUT2D eigenvalue weighted by Gasteiger charge is -2.17. The molecule has 0 bridgehead atoms. The summed E-state index contributed by atoms with van der Waals surface area (Å²) in [5.74, 6) is -0.0797. The molecule has 0 saturated carbocycles. The largest absolute Gasteiger partial charge is 0.374 e. The minimum atomic E-state index is -0.379. The monoisotopic (exact) mass is 387 g/mol. The number of thiazole rings is 1. The summed E-state index contributed by atoms with van der Waals surface area (Å²) in [4.78, 5) is 17.3. The maximum absolute atomic E-state index is 12.8. The molecular formula is C23H21N3OS. The Balaban J connectivity index is 1.50. The van der Waals surface area contributed by atoms with E-state index in [0.29, 0.717) is 0 Å². The number of carbonyl (C=O) groups excluding carboxylic acids is 1. The minimum Gasteiger partial charge on any atom is -0.374 e. The Morgan fingerprint density at radius 3 is 2.57 bits per heavy atom. The molecule has 0 fully saturated rings. The first-order chi connectivity index (χ1) is 13.6. The molecule has 28 heavy (non-hydrogen) atoms. The summed E-state index contributed by atoms with van der Waals surface area (Å²) in [5, 5.41) is 7.39. The van der Waals surface area contributed by atoms with E-state index >= 15 is 0 Å². The molecule has 0 spiro atoms. The number of benzene rings is 3. The quantitative estimate of drug-likeness (QED) is 0.461. The summed E-state index contributed by atoms with van der Waals surface area (Å²) in [5.41, 5.74) is 4.79. The number of carbonyl (C=O) groups is 1. The Labute approximate surface area is 168 Å². The molecule has 3 aromatic carbocycles. The van der Waals surface area contributed by atoms with Gasteiger partial charge in [0.15, 0.2) is 0 Å². The molecule has 5 heteroatoms. The third-order valence-corrected chi connectivity index (χ3v) is 5.48. The van der Waals surface area contributed by atoms with Crippen molar-refractivity contribution in [3.63, 3.8) is 0 Å².